The van der Waals surface area contributed by atoms with Crippen molar-refractivity contribution in [2.24, 2.45) is 0 Å². The van der Waals surface area contributed by atoms with Gasteiger partial charge < -0.3 is 14.5 Å². The summed E-state index contributed by atoms with van der Waals surface area (Å²) in [4.78, 5) is 9.12. The Hall–Kier alpha value is -4.27. The van der Waals surface area contributed by atoms with Gasteiger partial charge >= 0.3 is 42.1 Å². The van der Waals surface area contributed by atoms with Gasteiger partial charge in [0.1, 0.15) is 0 Å². The molecule has 0 spiro atoms. The molecule has 11 heteroatoms. The fraction of sp³-hybridized carbons (Fsp3) is 0.100. The van der Waals surface area contributed by atoms with E-state index >= 15 is 0 Å². The Morgan fingerprint density at radius 1 is 0.490 bits per heavy atom. The van der Waals surface area contributed by atoms with Gasteiger partial charge in [0.2, 0.25) is 0 Å². The molecule has 0 aliphatic rings. The molecule has 254 valence electrons. The molecule has 51 heavy (non-hydrogen) atoms. The van der Waals surface area contributed by atoms with Crippen molar-refractivity contribution >= 4 is 58.7 Å². The fourth-order valence-corrected chi connectivity index (χ4v) is 10.7. The number of fused-ring (bicyclic) bond motifs is 3. The number of rotatable bonds is 7. The molecule has 0 N–H and O–H groups in total. The molecule has 8 rings (SSSR count). The molecule has 4 aromatic carbocycles. The summed E-state index contributed by atoms with van der Waals surface area (Å²) in [7, 11) is -4.53. The zero-order valence-electron chi connectivity index (χ0n) is 28.2. The van der Waals surface area contributed by atoms with Gasteiger partial charge in [-0.25, -0.2) is 0 Å². The van der Waals surface area contributed by atoms with Gasteiger partial charge in [0.25, 0.3) is 5.95 Å². The van der Waals surface area contributed by atoms with Crippen molar-refractivity contribution in [1.82, 2.24) is 34.9 Å². The van der Waals surface area contributed by atoms with E-state index in [0.29, 0.717) is 5.95 Å². The largest absolute Gasteiger partial charge is 2.00 e. The van der Waals surface area contributed by atoms with E-state index in [4.69, 9.17) is 0 Å². The van der Waals surface area contributed by atoms with Crippen molar-refractivity contribution in [2.45, 2.75) is 26.2 Å². The van der Waals surface area contributed by atoms with Crippen LogP contribution >= 0.6 is 0 Å². The Morgan fingerprint density at radius 2 is 0.941 bits per heavy atom. The summed E-state index contributed by atoms with van der Waals surface area (Å²) in [5, 5.41) is 23.7. The fourth-order valence-electron chi connectivity index (χ4n) is 6.38. The third-order valence-electron chi connectivity index (χ3n) is 9.35. The Morgan fingerprint density at radius 3 is 1.37 bits per heavy atom. The van der Waals surface area contributed by atoms with Gasteiger partial charge in [-0.1, -0.05) is 61.5 Å². The number of benzene rings is 4. The summed E-state index contributed by atoms with van der Waals surface area (Å²) in [5.74, 6) is 0.385. The first-order valence-corrected chi connectivity index (χ1v) is 22.1. The molecular weight excluding hydrogens is 1020 g/mol. The van der Waals surface area contributed by atoms with E-state index in [1.807, 2.05) is 53.4 Å². The summed E-state index contributed by atoms with van der Waals surface area (Å²) in [5.41, 5.74) is 5.55. The molecule has 0 aliphatic heterocycles. The van der Waals surface area contributed by atoms with Crippen molar-refractivity contribution < 1.29 is 42.1 Å². The maximum absolute atomic E-state index is 4.56. The van der Waals surface area contributed by atoms with Gasteiger partial charge in [-0.05, 0) is 23.5 Å². The van der Waals surface area contributed by atoms with E-state index in [1.54, 1.807) is 0 Å². The first kappa shape index (κ1) is 36.5. The third-order valence-corrected chi connectivity index (χ3v) is 15.9. The van der Waals surface area contributed by atoms with E-state index in [-0.39, 0.29) is 42.1 Å². The summed E-state index contributed by atoms with van der Waals surface area (Å²) in [6.45, 7) is 9.34. The second kappa shape index (κ2) is 14.8. The smallest absolute Gasteiger partial charge is 0.326 e. The molecule has 0 saturated carbocycles. The average Bonchev–Trinajstić information content (AvgIpc) is 3.49. The van der Waals surface area contributed by atoms with E-state index in [0.717, 1.165) is 54.7 Å². The molecule has 0 radical (unpaired) electrons. The number of hydrogen-bond donors (Lipinski definition) is 0. The van der Waals surface area contributed by atoms with Crippen LogP contribution in [0.1, 0.15) is 0 Å². The quantitative estimate of drug-likeness (QED) is 0.159. The van der Waals surface area contributed by atoms with Crippen molar-refractivity contribution in [2.75, 3.05) is 0 Å². The maximum Gasteiger partial charge on any atom is 2.00 e. The average molecular weight is 1060 g/mol. The zero-order chi connectivity index (χ0) is 33.6. The predicted molar refractivity (Wildman–Crippen MR) is 200 cm³/mol. The van der Waals surface area contributed by atoms with Crippen LogP contribution in [0, 0.1) is 24.3 Å². The third kappa shape index (κ3) is 6.76. The molecular formula is C40H31N7Pt2Si2. The van der Waals surface area contributed by atoms with Crippen LogP contribution in [0.5, 0.6) is 0 Å². The molecule has 0 unspecified atom stereocenters. The standard InChI is InChI=1S/C40H31N7Si2.2Pt/c1-48(2,30-13-9-11-28(23-30)36-15-5-7-21-41-36)32-17-19-34-35-20-18-33(26-39(35)47(38(34)25-32)40-45-43-27-44-46-40)49(3,4)31-14-10-12-29(24-31)37-16-6-8-22-42-37;;/h5-22,27H,1-4H3;;/q-4;2*+2. The minimum Gasteiger partial charge on any atom is -0.326 e. The van der Waals surface area contributed by atoms with Gasteiger partial charge in [-0.15, -0.1) is 90.4 Å². The van der Waals surface area contributed by atoms with E-state index < -0.39 is 16.1 Å². The van der Waals surface area contributed by atoms with Crippen LogP contribution in [0.3, 0.4) is 0 Å². The van der Waals surface area contributed by atoms with Crippen LogP contribution in [0.2, 0.25) is 26.2 Å². The first-order chi connectivity index (χ1) is 23.8. The molecule has 7 nitrogen and oxygen atoms in total. The van der Waals surface area contributed by atoms with E-state index in [1.165, 1.54) is 16.7 Å². The normalized spacial score (nSPS) is 11.6. The van der Waals surface area contributed by atoms with E-state index in [2.05, 4.69) is 141 Å². The van der Waals surface area contributed by atoms with Crippen molar-refractivity contribution in [3.05, 3.63) is 140 Å². The predicted octanol–water partition coefficient (Wildman–Crippen LogP) is 5.33. The first-order valence-electron chi connectivity index (χ1n) is 16.1. The maximum atomic E-state index is 4.56. The summed E-state index contributed by atoms with van der Waals surface area (Å²) in [6, 6.07) is 48.5. The van der Waals surface area contributed by atoms with Crippen molar-refractivity contribution in [3.8, 4) is 28.5 Å². The molecule has 0 saturated heterocycles. The number of aromatic nitrogens is 7. The SMILES string of the molecule is C[Si](C)(c1[c-]c(-c2ccccn2)ccc1)c1[c-]c2c(cc1)c1ccc([Si](C)(C)c3[c-]c(-c4ccccn4)ccc3)[c-]c1n2-c1nncnn1.[Pt+2].[Pt+2]. The van der Waals surface area contributed by atoms with Crippen LogP contribution in [-0.2, 0) is 42.1 Å². The van der Waals surface area contributed by atoms with Gasteiger partial charge in [-0.3, -0.25) is 0 Å². The van der Waals surface area contributed by atoms with Crippen LogP contribution in [-0.4, -0.2) is 51.1 Å². The molecule has 0 atom stereocenters. The Kier molecular flexibility index (Phi) is 10.6. The van der Waals surface area contributed by atoms with E-state index in [9.17, 15) is 0 Å². The summed E-state index contributed by atoms with van der Waals surface area (Å²) in [6.07, 6.45) is 4.98. The minimum absolute atomic E-state index is 0. The zero-order valence-corrected chi connectivity index (χ0v) is 34.8. The molecule has 0 bridgehead atoms. The Labute approximate surface area is 328 Å². The Bertz CT molecular complexity index is 2310. The monoisotopic (exact) mass is 1060 g/mol. The summed E-state index contributed by atoms with van der Waals surface area (Å²) >= 11 is 0. The second-order valence-electron chi connectivity index (χ2n) is 13.1. The van der Waals surface area contributed by atoms with Crippen molar-refractivity contribution in [3.63, 3.8) is 0 Å². The van der Waals surface area contributed by atoms with Gasteiger partial charge in [0.05, 0.1) is 16.1 Å². The molecule has 8 aromatic rings. The van der Waals surface area contributed by atoms with Crippen LogP contribution in [0.25, 0.3) is 50.3 Å². The summed E-state index contributed by atoms with van der Waals surface area (Å²) < 4.78 is 2.01. The van der Waals surface area contributed by atoms with Gasteiger partial charge in [-0.2, -0.15) is 57.5 Å². The molecule has 0 fully saturated rings. The van der Waals surface area contributed by atoms with Crippen molar-refractivity contribution in [1.29, 1.82) is 0 Å². The molecule has 4 heterocycles. The van der Waals surface area contributed by atoms with Crippen LogP contribution in [0.4, 0.5) is 0 Å². The number of hydrogen-bond acceptors (Lipinski definition) is 6. The van der Waals surface area contributed by atoms with Crippen LogP contribution < -0.4 is 20.7 Å². The second-order valence-corrected chi connectivity index (χ2v) is 21.7. The Balaban J connectivity index is 0.00000224. The molecule has 0 amide bonds. The van der Waals surface area contributed by atoms with Crippen LogP contribution in [0.15, 0.2) is 116 Å². The topological polar surface area (TPSA) is 82.3 Å². The molecule has 0 aliphatic carbocycles. The molecule has 4 aromatic heterocycles. The van der Waals surface area contributed by atoms with Gasteiger partial charge in [0, 0.05) is 12.4 Å². The minimum atomic E-state index is -2.27. The number of pyridine rings is 2. The number of nitrogens with zero attached hydrogens (tertiary/aromatic N) is 7. The van der Waals surface area contributed by atoms with Gasteiger partial charge in [0.15, 0.2) is 6.33 Å².